The molecule has 0 aliphatic heterocycles. The van der Waals surface area contributed by atoms with Crippen molar-refractivity contribution in [3.8, 4) is 0 Å². The number of ketones is 1. The summed E-state index contributed by atoms with van der Waals surface area (Å²) >= 11 is 0. The van der Waals surface area contributed by atoms with E-state index in [2.05, 4.69) is 4.74 Å². The number of rotatable bonds is 4. The Balaban J connectivity index is 3.95. The quantitative estimate of drug-likeness (QED) is 0.602. The van der Waals surface area contributed by atoms with E-state index in [1.54, 1.807) is 6.92 Å². The van der Waals surface area contributed by atoms with Gasteiger partial charge in [0.05, 0.1) is 13.5 Å². The third-order valence-electron chi connectivity index (χ3n) is 1.76. The molecule has 0 bridgehead atoms. The smallest absolute Gasteiger partial charge is 0.306 e. The average Bonchev–Trinajstić information content (AvgIpc) is 2.02. The molecule has 0 N–H and O–H groups in total. The molecule has 3 nitrogen and oxygen atoms in total. The molecule has 70 valence electrons. The highest BCUT2D eigenvalue weighted by Gasteiger charge is 2.19. The Bertz CT molecular complexity index is 173. The van der Waals surface area contributed by atoms with Crippen LogP contribution in [0, 0.1) is 11.8 Å². The SMILES string of the molecule is COC(=O)C[C@H](C)C(=O)C(C)C. The van der Waals surface area contributed by atoms with E-state index in [0.29, 0.717) is 0 Å². The van der Waals surface area contributed by atoms with Crippen LogP contribution in [0.2, 0.25) is 0 Å². The molecule has 0 heterocycles. The molecule has 0 aromatic carbocycles. The minimum absolute atomic E-state index is 0.00958. The topological polar surface area (TPSA) is 43.4 Å². The van der Waals surface area contributed by atoms with Gasteiger partial charge in [0, 0.05) is 11.8 Å². The molecule has 0 saturated carbocycles. The number of hydrogen-bond acceptors (Lipinski definition) is 3. The van der Waals surface area contributed by atoms with E-state index in [4.69, 9.17) is 0 Å². The first-order valence-electron chi connectivity index (χ1n) is 4.09. The van der Waals surface area contributed by atoms with Crippen LogP contribution >= 0.6 is 0 Å². The minimum Gasteiger partial charge on any atom is -0.469 e. The second kappa shape index (κ2) is 4.91. The lowest BCUT2D eigenvalue weighted by atomic mass is 9.94. The Hall–Kier alpha value is -0.860. The number of carbonyl (C=O) groups is 2. The predicted octanol–water partition coefficient (Wildman–Crippen LogP) is 1.41. The Labute approximate surface area is 73.1 Å². The largest absolute Gasteiger partial charge is 0.469 e. The number of carbonyl (C=O) groups excluding carboxylic acids is 2. The lowest BCUT2D eigenvalue weighted by Gasteiger charge is -2.10. The van der Waals surface area contributed by atoms with E-state index in [9.17, 15) is 9.59 Å². The van der Waals surface area contributed by atoms with Gasteiger partial charge >= 0.3 is 5.97 Å². The molecule has 0 aliphatic carbocycles. The Morgan fingerprint density at radius 3 is 2.08 bits per heavy atom. The highest BCUT2D eigenvalue weighted by molar-refractivity contribution is 5.86. The second-order valence-electron chi connectivity index (χ2n) is 3.24. The van der Waals surface area contributed by atoms with Gasteiger partial charge < -0.3 is 4.74 Å². The average molecular weight is 172 g/mol. The van der Waals surface area contributed by atoms with Gasteiger partial charge in [-0.15, -0.1) is 0 Å². The molecule has 0 saturated heterocycles. The lowest BCUT2D eigenvalue weighted by molar-refractivity contribution is -0.144. The van der Waals surface area contributed by atoms with E-state index in [1.165, 1.54) is 7.11 Å². The number of methoxy groups -OCH3 is 1. The molecule has 0 aromatic rings. The molecule has 0 unspecified atom stereocenters. The van der Waals surface area contributed by atoms with Crippen molar-refractivity contribution < 1.29 is 14.3 Å². The molecule has 3 heteroatoms. The maximum absolute atomic E-state index is 11.3. The van der Waals surface area contributed by atoms with Crippen LogP contribution in [-0.4, -0.2) is 18.9 Å². The van der Waals surface area contributed by atoms with Crippen LogP contribution in [0.4, 0.5) is 0 Å². The van der Waals surface area contributed by atoms with E-state index < -0.39 is 0 Å². The molecule has 0 radical (unpaired) electrons. The van der Waals surface area contributed by atoms with Gasteiger partial charge in [0.15, 0.2) is 0 Å². The van der Waals surface area contributed by atoms with Gasteiger partial charge in [-0.25, -0.2) is 0 Å². The van der Waals surface area contributed by atoms with E-state index >= 15 is 0 Å². The van der Waals surface area contributed by atoms with Crippen LogP contribution in [-0.2, 0) is 14.3 Å². The Morgan fingerprint density at radius 2 is 1.75 bits per heavy atom. The summed E-state index contributed by atoms with van der Waals surface area (Å²) in [6.45, 7) is 5.41. The monoisotopic (exact) mass is 172 g/mol. The number of hydrogen-bond donors (Lipinski definition) is 0. The highest BCUT2D eigenvalue weighted by atomic mass is 16.5. The van der Waals surface area contributed by atoms with Crippen molar-refractivity contribution in [2.75, 3.05) is 7.11 Å². The molecule has 0 fully saturated rings. The van der Waals surface area contributed by atoms with Crippen LogP contribution in [0.3, 0.4) is 0 Å². The van der Waals surface area contributed by atoms with Crippen molar-refractivity contribution in [1.82, 2.24) is 0 Å². The van der Waals surface area contributed by atoms with Crippen LogP contribution in [0.25, 0.3) is 0 Å². The summed E-state index contributed by atoms with van der Waals surface area (Å²) in [6, 6.07) is 0. The van der Waals surface area contributed by atoms with Crippen molar-refractivity contribution in [2.45, 2.75) is 27.2 Å². The fourth-order valence-corrected chi connectivity index (χ4v) is 1.00. The summed E-state index contributed by atoms with van der Waals surface area (Å²) < 4.78 is 4.46. The molecule has 1 atom stereocenters. The van der Waals surface area contributed by atoms with Crippen molar-refractivity contribution in [1.29, 1.82) is 0 Å². The lowest BCUT2D eigenvalue weighted by Crippen LogP contribution is -2.20. The second-order valence-corrected chi connectivity index (χ2v) is 3.24. The number of Topliss-reactive ketones (excluding diaryl/α,β-unsaturated/α-hetero) is 1. The van der Waals surface area contributed by atoms with Crippen LogP contribution in [0.1, 0.15) is 27.2 Å². The molecular formula is C9H16O3. The predicted molar refractivity (Wildman–Crippen MR) is 45.6 cm³/mol. The normalized spacial score (nSPS) is 12.8. The molecule has 0 spiro atoms. The summed E-state index contributed by atoms with van der Waals surface area (Å²) in [5.41, 5.74) is 0. The standard InChI is InChI=1S/C9H16O3/c1-6(2)9(11)7(3)5-8(10)12-4/h6-7H,5H2,1-4H3/t7-/m0/s1. The Morgan fingerprint density at radius 1 is 1.25 bits per heavy atom. The van der Waals surface area contributed by atoms with Gasteiger partial charge in [0.2, 0.25) is 0 Å². The first-order chi connectivity index (χ1) is 5.49. The van der Waals surface area contributed by atoms with Gasteiger partial charge in [-0.2, -0.15) is 0 Å². The zero-order valence-electron chi connectivity index (χ0n) is 8.09. The molecule has 0 aromatic heterocycles. The highest BCUT2D eigenvalue weighted by Crippen LogP contribution is 2.10. The van der Waals surface area contributed by atoms with Gasteiger partial charge in [0.1, 0.15) is 5.78 Å². The molecule has 0 rings (SSSR count). The van der Waals surface area contributed by atoms with Gasteiger partial charge in [-0.3, -0.25) is 9.59 Å². The van der Waals surface area contributed by atoms with Crippen molar-refractivity contribution >= 4 is 11.8 Å². The van der Waals surface area contributed by atoms with E-state index in [-0.39, 0.29) is 30.0 Å². The fraction of sp³-hybridized carbons (Fsp3) is 0.778. The summed E-state index contributed by atoms with van der Waals surface area (Å²) in [6.07, 6.45) is 0.188. The summed E-state index contributed by atoms with van der Waals surface area (Å²) in [7, 11) is 1.33. The molecule has 0 amide bonds. The zero-order chi connectivity index (χ0) is 9.72. The van der Waals surface area contributed by atoms with E-state index in [0.717, 1.165) is 0 Å². The zero-order valence-corrected chi connectivity index (χ0v) is 8.09. The molecular weight excluding hydrogens is 156 g/mol. The van der Waals surface area contributed by atoms with Gasteiger partial charge in [0.25, 0.3) is 0 Å². The van der Waals surface area contributed by atoms with Gasteiger partial charge in [-0.05, 0) is 0 Å². The van der Waals surface area contributed by atoms with Crippen molar-refractivity contribution in [3.63, 3.8) is 0 Å². The summed E-state index contributed by atoms with van der Waals surface area (Å²) in [5.74, 6) is -0.445. The van der Waals surface area contributed by atoms with Crippen molar-refractivity contribution in [2.24, 2.45) is 11.8 Å². The fourth-order valence-electron chi connectivity index (χ4n) is 1.00. The molecule has 12 heavy (non-hydrogen) atoms. The number of esters is 1. The minimum atomic E-state index is -0.323. The first-order valence-corrected chi connectivity index (χ1v) is 4.09. The van der Waals surface area contributed by atoms with Crippen LogP contribution < -0.4 is 0 Å². The Kier molecular flexibility index (Phi) is 4.55. The van der Waals surface area contributed by atoms with Crippen LogP contribution in [0.5, 0.6) is 0 Å². The number of ether oxygens (including phenoxy) is 1. The maximum atomic E-state index is 11.3. The first kappa shape index (κ1) is 11.1. The summed E-state index contributed by atoms with van der Waals surface area (Å²) in [4.78, 5) is 22.1. The maximum Gasteiger partial charge on any atom is 0.306 e. The third kappa shape index (κ3) is 3.51. The van der Waals surface area contributed by atoms with Crippen molar-refractivity contribution in [3.05, 3.63) is 0 Å². The third-order valence-corrected chi connectivity index (χ3v) is 1.76. The molecule has 0 aliphatic rings. The van der Waals surface area contributed by atoms with Crippen LogP contribution in [0.15, 0.2) is 0 Å². The van der Waals surface area contributed by atoms with E-state index in [1.807, 2.05) is 13.8 Å². The summed E-state index contributed by atoms with van der Waals surface area (Å²) in [5, 5.41) is 0. The van der Waals surface area contributed by atoms with Gasteiger partial charge in [-0.1, -0.05) is 20.8 Å².